The van der Waals surface area contributed by atoms with Crippen LogP contribution in [0, 0.1) is 10.1 Å². The van der Waals surface area contributed by atoms with E-state index >= 15 is 0 Å². The summed E-state index contributed by atoms with van der Waals surface area (Å²) in [6, 6.07) is 1.65. The molecule has 0 aliphatic rings. The van der Waals surface area contributed by atoms with Gasteiger partial charge in [-0.1, -0.05) is 0 Å². The van der Waals surface area contributed by atoms with Crippen molar-refractivity contribution in [2.75, 3.05) is 5.73 Å². The SMILES string of the molecule is Cn1cc(CC(N)C(=O)O)c2c([N+](=O)[O-])ccc(N)c21. The highest BCUT2D eigenvalue weighted by molar-refractivity contribution is 6.00. The maximum Gasteiger partial charge on any atom is 0.320 e. The summed E-state index contributed by atoms with van der Waals surface area (Å²) in [7, 11) is 1.69. The van der Waals surface area contributed by atoms with Crippen molar-refractivity contribution >= 4 is 28.2 Å². The van der Waals surface area contributed by atoms with Crippen molar-refractivity contribution in [1.29, 1.82) is 0 Å². The number of carbonyl (C=O) groups is 1. The molecule has 5 N–H and O–H groups in total. The number of nitrogens with zero attached hydrogens (tertiary/aromatic N) is 2. The van der Waals surface area contributed by atoms with Crippen LogP contribution in [0.25, 0.3) is 10.9 Å². The van der Waals surface area contributed by atoms with E-state index in [1.54, 1.807) is 17.8 Å². The number of nitro benzene ring substituents is 1. The molecule has 0 saturated heterocycles. The van der Waals surface area contributed by atoms with Crippen LogP contribution in [-0.2, 0) is 18.3 Å². The zero-order valence-corrected chi connectivity index (χ0v) is 10.7. The molecule has 2 rings (SSSR count). The first kappa shape index (κ1) is 13.8. The minimum Gasteiger partial charge on any atom is -0.480 e. The van der Waals surface area contributed by atoms with Gasteiger partial charge in [0.05, 0.1) is 21.5 Å². The molecule has 1 unspecified atom stereocenters. The Bertz CT molecular complexity index is 707. The molecule has 0 radical (unpaired) electrons. The molecule has 0 aliphatic carbocycles. The number of carboxylic acids is 1. The van der Waals surface area contributed by atoms with Gasteiger partial charge in [-0.25, -0.2) is 0 Å². The first-order valence-electron chi connectivity index (χ1n) is 5.82. The lowest BCUT2D eigenvalue weighted by molar-refractivity contribution is -0.383. The number of carboxylic acid groups (broad SMARTS) is 1. The maximum absolute atomic E-state index is 11.1. The minimum absolute atomic E-state index is 0.00301. The number of nitro groups is 1. The van der Waals surface area contributed by atoms with E-state index in [-0.39, 0.29) is 12.1 Å². The van der Waals surface area contributed by atoms with Crippen molar-refractivity contribution in [3.63, 3.8) is 0 Å². The largest absolute Gasteiger partial charge is 0.480 e. The van der Waals surface area contributed by atoms with Crippen molar-refractivity contribution in [2.24, 2.45) is 12.8 Å². The lowest BCUT2D eigenvalue weighted by Crippen LogP contribution is -2.32. The molecular weight excluding hydrogens is 264 g/mol. The summed E-state index contributed by atoms with van der Waals surface area (Å²) in [6.45, 7) is 0. The number of rotatable bonds is 4. The van der Waals surface area contributed by atoms with Gasteiger partial charge in [0, 0.05) is 25.7 Å². The summed E-state index contributed by atoms with van der Waals surface area (Å²) in [6.07, 6.45) is 1.62. The van der Waals surface area contributed by atoms with Gasteiger partial charge in [-0.15, -0.1) is 0 Å². The Morgan fingerprint density at radius 2 is 2.20 bits per heavy atom. The summed E-state index contributed by atoms with van der Waals surface area (Å²) < 4.78 is 1.64. The Kier molecular flexibility index (Phi) is 3.33. The molecule has 8 heteroatoms. The highest BCUT2D eigenvalue weighted by atomic mass is 16.6. The van der Waals surface area contributed by atoms with Crippen LogP contribution < -0.4 is 11.5 Å². The van der Waals surface area contributed by atoms with Crippen LogP contribution in [0.4, 0.5) is 11.4 Å². The van der Waals surface area contributed by atoms with Crippen LogP contribution in [0.5, 0.6) is 0 Å². The Hall–Kier alpha value is -2.61. The maximum atomic E-state index is 11.1. The van der Waals surface area contributed by atoms with Crippen LogP contribution >= 0.6 is 0 Å². The predicted octanol–water partition coefficient (Wildman–Crippen LogP) is 0.623. The van der Waals surface area contributed by atoms with Crippen LogP contribution in [0.15, 0.2) is 18.3 Å². The van der Waals surface area contributed by atoms with Gasteiger partial charge < -0.3 is 21.1 Å². The third-order valence-corrected chi connectivity index (χ3v) is 3.16. The van der Waals surface area contributed by atoms with Crippen LogP contribution in [0.3, 0.4) is 0 Å². The number of anilines is 1. The number of aromatic nitrogens is 1. The fourth-order valence-corrected chi connectivity index (χ4v) is 2.29. The normalized spacial score (nSPS) is 12.5. The smallest absolute Gasteiger partial charge is 0.320 e. The molecule has 20 heavy (non-hydrogen) atoms. The standard InChI is InChI=1S/C12H14N4O4/c1-15-5-6(4-8(14)12(17)18)10-9(16(19)20)3-2-7(13)11(10)15/h2-3,5,8H,4,13-14H2,1H3,(H,17,18). The van der Waals surface area contributed by atoms with E-state index in [4.69, 9.17) is 16.6 Å². The second-order valence-electron chi connectivity index (χ2n) is 4.57. The molecule has 106 valence electrons. The molecule has 1 atom stereocenters. The molecule has 0 spiro atoms. The minimum atomic E-state index is -1.16. The topological polar surface area (TPSA) is 137 Å². The number of aryl methyl sites for hydroxylation is 1. The molecule has 1 heterocycles. The number of benzene rings is 1. The first-order chi connectivity index (χ1) is 9.32. The van der Waals surface area contributed by atoms with Gasteiger partial charge in [-0.2, -0.15) is 0 Å². The van der Waals surface area contributed by atoms with Gasteiger partial charge in [0.15, 0.2) is 0 Å². The van der Waals surface area contributed by atoms with E-state index in [1.165, 1.54) is 12.1 Å². The number of hydrogen-bond donors (Lipinski definition) is 3. The highest BCUT2D eigenvalue weighted by Crippen LogP contribution is 2.34. The Balaban J connectivity index is 2.69. The van der Waals surface area contributed by atoms with E-state index in [0.717, 1.165) is 0 Å². The molecule has 0 aliphatic heterocycles. The van der Waals surface area contributed by atoms with Crippen LogP contribution in [-0.4, -0.2) is 26.6 Å². The molecule has 0 saturated carbocycles. The summed E-state index contributed by atoms with van der Waals surface area (Å²) in [5.41, 5.74) is 12.6. The van der Waals surface area contributed by atoms with Crippen LogP contribution in [0.1, 0.15) is 5.56 Å². The number of nitrogens with two attached hydrogens (primary N) is 2. The Morgan fingerprint density at radius 1 is 1.55 bits per heavy atom. The summed E-state index contributed by atoms with van der Waals surface area (Å²) in [5, 5.41) is 20.3. The molecule has 8 nitrogen and oxygen atoms in total. The van der Waals surface area contributed by atoms with E-state index in [0.29, 0.717) is 22.2 Å². The Morgan fingerprint density at radius 3 is 2.75 bits per heavy atom. The lowest BCUT2D eigenvalue weighted by Gasteiger charge is -2.05. The third-order valence-electron chi connectivity index (χ3n) is 3.16. The molecule has 1 aromatic heterocycles. The van der Waals surface area contributed by atoms with Gasteiger partial charge in [0.2, 0.25) is 0 Å². The number of aliphatic carboxylic acids is 1. The fraction of sp³-hybridized carbons (Fsp3) is 0.250. The fourth-order valence-electron chi connectivity index (χ4n) is 2.29. The zero-order valence-electron chi connectivity index (χ0n) is 10.7. The van der Waals surface area contributed by atoms with Gasteiger partial charge >= 0.3 is 5.97 Å². The van der Waals surface area contributed by atoms with E-state index in [2.05, 4.69) is 0 Å². The number of nitrogen functional groups attached to an aromatic ring is 1. The van der Waals surface area contributed by atoms with Crippen molar-refractivity contribution in [3.8, 4) is 0 Å². The molecule has 0 amide bonds. The second kappa shape index (κ2) is 4.82. The van der Waals surface area contributed by atoms with Crippen LogP contribution in [0.2, 0.25) is 0 Å². The average Bonchev–Trinajstić information content (AvgIpc) is 2.67. The summed E-state index contributed by atoms with van der Waals surface area (Å²) >= 11 is 0. The summed E-state index contributed by atoms with van der Waals surface area (Å²) in [4.78, 5) is 21.4. The average molecular weight is 278 g/mol. The Labute approximate surface area is 113 Å². The van der Waals surface area contributed by atoms with E-state index in [1.807, 2.05) is 0 Å². The molecule has 1 aromatic carbocycles. The molecule has 0 bridgehead atoms. The van der Waals surface area contributed by atoms with E-state index < -0.39 is 16.9 Å². The third kappa shape index (κ3) is 2.16. The zero-order chi connectivity index (χ0) is 15.0. The van der Waals surface area contributed by atoms with Crippen molar-refractivity contribution in [1.82, 2.24) is 4.57 Å². The molecular formula is C12H14N4O4. The lowest BCUT2D eigenvalue weighted by atomic mass is 10.0. The first-order valence-corrected chi connectivity index (χ1v) is 5.82. The summed E-state index contributed by atoms with van der Waals surface area (Å²) in [5.74, 6) is -1.16. The van der Waals surface area contributed by atoms with Crippen molar-refractivity contribution < 1.29 is 14.8 Å². The van der Waals surface area contributed by atoms with Crippen molar-refractivity contribution in [3.05, 3.63) is 34.0 Å². The van der Waals surface area contributed by atoms with Gasteiger partial charge in [-0.3, -0.25) is 14.9 Å². The monoisotopic (exact) mass is 278 g/mol. The number of fused-ring (bicyclic) bond motifs is 1. The predicted molar refractivity (Wildman–Crippen MR) is 73.3 cm³/mol. The van der Waals surface area contributed by atoms with Crippen molar-refractivity contribution in [2.45, 2.75) is 12.5 Å². The molecule has 2 aromatic rings. The number of hydrogen-bond acceptors (Lipinski definition) is 5. The molecule has 0 fully saturated rings. The van der Waals surface area contributed by atoms with Gasteiger partial charge in [-0.05, 0) is 11.6 Å². The highest BCUT2D eigenvalue weighted by Gasteiger charge is 2.23. The van der Waals surface area contributed by atoms with Gasteiger partial charge in [0.1, 0.15) is 6.04 Å². The quantitative estimate of drug-likeness (QED) is 0.426. The number of non-ortho nitro benzene ring substituents is 1. The second-order valence-corrected chi connectivity index (χ2v) is 4.57. The van der Waals surface area contributed by atoms with E-state index in [9.17, 15) is 14.9 Å². The van der Waals surface area contributed by atoms with Gasteiger partial charge in [0.25, 0.3) is 5.69 Å².